The van der Waals surface area contributed by atoms with Crippen molar-refractivity contribution < 1.29 is 17.5 Å². The van der Waals surface area contributed by atoms with Crippen LogP contribution in [0, 0.1) is 5.82 Å². The summed E-state index contributed by atoms with van der Waals surface area (Å²) in [6.07, 6.45) is -0.177. The summed E-state index contributed by atoms with van der Waals surface area (Å²) in [5.41, 5.74) is 5.16. The van der Waals surface area contributed by atoms with Gasteiger partial charge in [-0.25, -0.2) is 12.8 Å². The average molecular weight is 274 g/mol. The Kier molecular flexibility index (Phi) is 3.56. The minimum atomic E-state index is -3.76. The van der Waals surface area contributed by atoms with Crippen molar-refractivity contribution in [1.29, 1.82) is 0 Å². The number of nitrogen functional groups attached to an aromatic ring is 1. The lowest BCUT2D eigenvalue weighted by molar-refractivity contribution is 0.0102. The second-order valence-corrected chi connectivity index (χ2v) is 6.10. The molecule has 2 rings (SSSR count). The van der Waals surface area contributed by atoms with Gasteiger partial charge >= 0.3 is 0 Å². The maximum absolute atomic E-state index is 13.3. The summed E-state index contributed by atoms with van der Waals surface area (Å²) in [6.45, 7) is 2.62. The van der Waals surface area contributed by atoms with Crippen LogP contribution in [0.5, 0.6) is 0 Å². The first-order valence-corrected chi connectivity index (χ1v) is 7.02. The first-order chi connectivity index (χ1) is 8.43. The Labute approximate surface area is 105 Å². The largest absolute Gasteiger partial charge is 0.395 e. The molecular weight excluding hydrogens is 259 g/mol. The Balaban J connectivity index is 2.39. The van der Waals surface area contributed by atoms with Gasteiger partial charge in [0.25, 0.3) is 0 Å². The summed E-state index contributed by atoms with van der Waals surface area (Å²) < 4.78 is 44.5. The molecule has 0 spiro atoms. The van der Waals surface area contributed by atoms with Crippen molar-refractivity contribution in [3.8, 4) is 0 Å². The number of morpholine rings is 1. The molecule has 1 aromatic rings. The Hall–Kier alpha value is -1.18. The van der Waals surface area contributed by atoms with Gasteiger partial charge < -0.3 is 10.5 Å². The third-order valence-corrected chi connectivity index (χ3v) is 4.76. The number of sulfonamides is 1. The van der Waals surface area contributed by atoms with Crippen LogP contribution in [0.1, 0.15) is 6.92 Å². The van der Waals surface area contributed by atoms with Gasteiger partial charge in [0, 0.05) is 13.1 Å². The highest BCUT2D eigenvalue weighted by Crippen LogP contribution is 2.25. The van der Waals surface area contributed by atoms with Crippen LogP contribution in [0.2, 0.25) is 0 Å². The van der Waals surface area contributed by atoms with E-state index in [9.17, 15) is 12.8 Å². The number of rotatable bonds is 2. The second kappa shape index (κ2) is 4.83. The zero-order valence-corrected chi connectivity index (χ0v) is 10.8. The van der Waals surface area contributed by atoms with Crippen LogP contribution < -0.4 is 5.73 Å². The minimum absolute atomic E-state index is 0.177. The molecule has 1 unspecified atom stereocenters. The minimum Gasteiger partial charge on any atom is -0.395 e. The van der Waals surface area contributed by atoms with E-state index in [1.165, 1.54) is 16.4 Å². The molecule has 1 aliphatic rings. The summed E-state index contributed by atoms with van der Waals surface area (Å²) in [4.78, 5) is -0.184. The maximum Gasteiger partial charge on any atom is 0.245 e. The molecular formula is C11H15FN2O3S. The molecule has 1 heterocycles. The van der Waals surface area contributed by atoms with Gasteiger partial charge in [-0.05, 0) is 19.1 Å². The lowest BCUT2D eigenvalue weighted by Crippen LogP contribution is -2.44. The Bertz CT molecular complexity index is 547. The van der Waals surface area contributed by atoms with Crippen molar-refractivity contribution in [1.82, 2.24) is 4.31 Å². The summed E-state index contributed by atoms with van der Waals surface area (Å²) >= 11 is 0. The fraction of sp³-hybridized carbons (Fsp3) is 0.455. The molecule has 1 saturated heterocycles. The highest BCUT2D eigenvalue weighted by molar-refractivity contribution is 7.89. The second-order valence-electron chi connectivity index (χ2n) is 4.20. The van der Waals surface area contributed by atoms with Crippen LogP contribution in [-0.4, -0.2) is 38.5 Å². The van der Waals surface area contributed by atoms with Crippen molar-refractivity contribution in [2.45, 2.75) is 17.9 Å². The predicted molar refractivity (Wildman–Crippen MR) is 65.0 cm³/mol. The summed E-state index contributed by atoms with van der Waals surface area (Å²) in [5.74, 6) is -0.725. The van der Waals surface area contributed by atoms with E-state index >= 15 is 0 Å². The molecule has 0 radical (unpaired) electrons. The summed E-state index contributed by atoms with van der Waals surface area (Å²) in [6, 6.07) is 3.78. The average Bonchev–Trinajstić information content (AvgIpc) is 2.32. The summed E-state index contributed by atoms with van der Waals surface area (Å²) in [5, 5.41) is 0. The van der Waals surface area contributed by atoms with Gasteiger partial charge in [0.1, 0.15) is 10.7 Å². The van der Waals surface area contributed by atoms with Gasteiger partial charge in [-0.2, -0.15) is 4.31 Å². The van der Waals surface area contributed by atoms with Gasteiger partial charge in [-0.15, -0.1) is 0 Å². The highest BCUT2D eigenvalue weighted by Gasteiger charge is 2.31. The quantitative estimate of drug-likeness (QED) is 0.810. The molecule has 0 amide bonds. The van der Waals surface area contributed by atoms with E-state index in [1.807, 2.05) is 0 Å². The topological polar surface area (TPSA) is 72.6 Å². The fourth-order valence-corrected chi connectivity index (χ4v) is 3.51. The standard InChI is InChI=1S/C11H15FN2O3S/c1-8-7-14(5-6-17-8)18(15,16)10-4-2-3-9(12)11(10)13/h2-4,8H,5-7,13H2,1H3. The van der Waals surface area contributed by atoms with Crippen molar-refractivity contribution in [2.24, 2.45) is 0 Å². The third kappa shape index (κ3) is 2.33. The van der Waals surface area contributed by atoms with Crippen LogP contribution in [0.4, 0.5) is 10.1 Å². The van der Waals surface area contributed by atoms with Gasteiger partial charge in [0.05, 0.1) is 18.4 Å². The fourth-order valence-electron chi connectivity index (χ4n) is 1.89. The van der Waals surface area contributed by atoms with E-state index in [0.717, 1.165) is 6.07 Å². The molecule has 1 aliphatic heterocycles. The zero-order valence-electron chi connectivity index (χ0n) is 9.97. The third-order valence-electron chi connectivity index (χ3n) is 2.83. The smallest absolute Gasteiger partial charge is 0.245 e. The lowest BCUT2D eigenvalue weighted by Gasteiger charge is -2.30. The summed E-state index contributed by atoms with van der Waals surface area (Å²) in [7, 11) is -3.76. The molecule has 1 atom stereocenters. The lowest BCUT2D eigenvalue weighted by atomic mass is 10.3. The van der Waals surface area contributed by atoms with Gasteiger partial charge in [-0.1, -0.05) is 6.07 Å². The van der Waals surface area contributed by atoms with E-state index in [2.05, 4.69) is 0 Å². The molecule has 2 N–H and O–H groups in total. The molecule has 5 nitrogen and oxygen atoms in total. The van der Waals surface area contributed by atoms with Gasteiger partial charge in [-0.3, -0.25) is 0 Å². The molecule has 0 aliphatic carbocycles. The van der Waals surface area contributed by atoms with Crippen LogP contribution in [-0.2, 0) is 14.8 Å². The number of nitrogens with zero attached hydrogens (tertiary/aromatic N) is 1. The number of hydrogen-bond acceptors (Lipinski definition) is 4. The predicted octanol–water partition coefficient (Wildman–Crippen LogP) is 0.817. The van der Waals surface area contributed by atoms with Gasteiger partial charge in [0.2, 0.25) is 10.0 Å². The monoisotopic (exact) mass is 274 g/mol. The molecule has 18 heavy (non-hydrogen) atoms. The maximum atomic E-state index is 13.3. The number of hydrogen-bond donors (Lipinski definition) is 1. The Morgan fingerprint density at radius 2 is 2.22 bits per heavy atom. The molecule has 7 heteroatoms. The molecule has 1 aromatic carbocycles. The molecule has 0 saturated carbocycles. The van der Waals surface area contributed by atoms with Crippen LogP contribution >= 0.6 is 0 Å². The zero-order chi connectivity index (χ0) is 13.3. The molecule has 0 bridgehead atoms. The number of benzene rings is 1. The Morgan fingerprint density at radius 3 is 2.89 bits per heavy atom. The first-order valence-electron chi connectivity index (χ1n) is 5.58. The number of anilines is 1. The Morgan fingerprint density at radius 1 is 1.50 bits per heavy atom. The molecule has 0 aromatic heterocycles. The van der Waals surface area contributed by atoms with E-state index in [-0.39, 0.29) is 29.8 Å². The number of nitrogens with two attached hydrogens (primary N) is 1. The molecule has 1 fully saturated rings. The van der Waals surface area contributed by atoms with Crippen molar-refractivity contribution >= 4 is 15.7 Å². The van der Waals surface area contributed by atoms with Gasteiger partial charge in [0.15, 0.2) is 0 Å². The van der Waals surface area contributed by atoms with Crippen molar-refractivity contribution in [3.63, 3.8) is 0 Å². The number of ether oxygens (including phenoxy) is 1. The van der Waals surface area contributed by atoms with E-state index < -0.39 is 15.8 Å². The van der Waals surface area contributed by atoms with Crippen LogP contribution in [0.15, 0.2) is 23.1 Å². The van der Waals surface area contributed by atoms with E-state index in [1.54, 1.807) is 6.92 Å². The molecule has 100 valence electrons. The SMILES string of the molecule is CC1CN(S(=O)(=O)c2cccc(F)c2N)CCO1. The number of para-hydroxylation sites is 1. The van der Waals surface area contributed by atoms with Crippen molar-refractivity contribution in [3.05, 3.63) is 24.0 Å². The van der Waals surface area contributed by atoms with E-state index in [4.69, 9.17) is 10.5 Å². The van der Waals surface area contributed by atoms with Crippen molar-refractivity contribution in [2.75, 3.05) is 25.4 Å². The van der Waals surface area contributed by atoms with Crippen LogP contribution in [0.3, 0.4) is 0 Å². The highest BCUT2D eigenvalue weighted by atomic mass is 32.2. The van der Waals surface area contributed by atoms with Crippen LogP contribution in [0.25, 0.3) is 0 Å². The normalized spacial score (nSPS) is 22.0. The number of halogens is 1. The van der Waals surface area contributed by atoms with E-state index in [0.29, 0.717) is 6.61 Å². The first kappa shape index (κ1) is 13.3.